The van der Waals surface area contributed by atoms with E-state index >= 15 is 0 Å². The molecule has 0 fully saturated rings. The fourth-order valence-electron chi connectivity index (χ4n) is 2.97. The minimum atomic E-state index is -1.12. The van der Waals surface area contributed by atoms with Gasteiger partial charge in [-0.25, -0.2) is 4.79 Å². The molecule has 0 aliphatic heterocycles. The lowest BCUT2D eigenvalue weighted by atomic mass is 10.1. The fraction of sp³-hybridized carbons (Fsp3) is 0.0800. The minimum Gasteiger partial charge on any atom is -0.493 e. The molecule has 0 aliphatic rings. The van der Waals surface area contributed by atoms with Gasteiger partial charge >= 0.3 is 5.97 Å². The molecule has 0 aliphatic carbocycles. The van der Waals surface area contributed by atoms with E-state index in [1.165, 1.54) is 37.5 Å². The van der Waals surface area contributed by atoms with Crippen LogP contribution in [0.1, 0.15) is 21.5 Å². The number of rotatable bonds is 8. The summed E-state index contributed by atoms with van der Waals surface area (Å²) in [6.45, 7) is 0.213. The second-order valence-corrected chi connectivity index (χ2v) is 8.19. The second-order valence-electron chi connectivity index (χ2n) is 6.92. The number of nitrogens with one attached hydrogen (secondary N) is 1. The molecule has 3 aromatic rings. The molecule has 0 heterocycles. The Bertz CT molecular complexity index is 1320. The highest BCUT2D eigenvalue weighted by atomic mass is 79.9. The predicted octanol–water partition coefficient (Wildman–Crippen LogP) is 5.93. The molecule has 7 nitrogen and oxygen atoms in total. The molecule has 0 saturated heterocycles. The van der Waals surface area contributed by atoms with Crippen LogP contribution in [0.4, 0.5) is 5.69 Å². The number of amides is 1. The van der Waals surface area contributed by atoms with E-state index < -0.39 is 11.9 Å². The Kier molecular flexibility index (Phi) is 8.30. The third-order valence-electron chi connectivity index (χ3n) is 4.63. The summed E-state index contributed by atoms with van der Waals surface area (Å²) < 4.78 is 11.9. The molecule has 2 N–H and O–H groups in total. The first kappa shape index (κ1) is 24.8. The van der Waals surface area contributed by atoms with Gasteiger partial charge in [0.1, 0.15) is 18.2 Å². The average molecular weight is 542 g/mol. The van der Waals surface area contributed by atoms with Crippen LogP contribution in [0.5, 0.6) is 11.5 Å². The lowest BCUT2D eigenvalue weighted by Crippen LogP contribution is -2.14. The number of hydrogen-bond donors (Lipinski definition) is 2. The van der Waals surface area contributed by atoms with Crippen molar-refractivity contribution >= 4 is 51.2 Å². The molecular formula is C25H18BrClN2O5. The third-order valence-corrected chi connectivity index (χ3v) is 5.58. The number of carbonyl (C=O) groups is 2. The first-order valence-corrected chi connectivity index (χ1v) is 11.0. The van der Waals surface area contributed by atoms with Crippen LogP contribution in [0.15, 0.2) is 70.7 Å². The summed E-state index contributed by atoms with van der Waals surface area (Å²) in [7, 11) is 1.48. The zero-order valence-electron chi connectivity index (χ0n) is 17.8. The molecule has 0 bridgehead atoms. The van der Waals surface area contributed by atoms with E-state index in [2.05, 4.69) is 21.2 Å². The Morgan fingerprint density at radius 2 is 1.94 bits per heavy atom. The summed E-state index contributed by atoms with van der Waals surface area (Å²) in [5.74, 6) is -0.979. The number of carboxylic acids is 1. The Morgan fingerprint density at radius 3 is 2.62 bits per heavy atom. The zero-order chi connectivity index (χ0) is 24.7. The topological polar surface area (TPSA) is 109 Å². The minimum absolute atomic E-state index is 0.0151. The van der Waals surface area contributed by atoms with Gasteiger partial charge in [-0.05, 0) is 64.0 Å². The molecule has 0 aromatic heterocycles. The van der Waals surface area contributed by atoms with Crippen molar-refractivity contribution in [1.29, 1.82) is 5.26 Å². The maximum atomic E-state index is 12.6. The van der Waals surface area contributed by atoms with Crippen molar-refractivity contribution in [3.8, 4) is 17.6 Å². The number of carboxylic acid groups (broad SMARTS) is 1. The van der Waals surface area contributed by atoms with Crippen LogP contribution >= 0.6 is 27.5 Å². The van der Waals surface area contributed by atoms with Gasteiger partial charge in [0.25, 0.3) is 5.91 Å². The molecule has 0 saturated carbocycles. The number of hydrogen-bond acceptors (Lipinski definition) is 5. The molecule has 0 radical (unpaired) electrons. The Hall–Kier alpha value is -3.80. The smallest absolute Gasteiger partial charge is 0.335 e. The van der Waals surface area contributed by atoms with Crippen molar-refractivity contribution in [2.75, 3.05) is 12.4 Å². The molecule has 1 amide bonds. The first-order chi connectivity index (χ1) is 16.3. The van der Waals surface area contributed by atoms with Crippen molar-refractivity contribution in [3.63, 3.8) is 0 Å². The lowest BCUT2D eigenvalue weighted by molar-refractivity contribution is -0.112. The largest absolute Gasteiger partial charge is 0.493 e. The molecule has 0 atom stereocenters. The normalized spacial score (nSPS) is 10.8. The number of nitriles is 1. The molecule has 9 heteroatoms. The number of benzene rings is 3. The molecule has 3 aromatic carbocycles. The van der Waals surface area contributed by atoms with Gasteiger partial charge in [0.05, 0.1) is 17.1 Å². The van der Waals surface area contributed by atoms with Gasteiger partial charge in [-0.3, -0.25) is 4.79 Å². The van der Waals surface area contributed by atoms with Crippen molar-refractivity contribution in [3.05, 3.63) is 92.4 Å². The summed E-state index contributed by atoms with van der Waals surface area (Å²) >= 11 is 9.63. The number of ether oxygens (including phenoxy) is 2. The number of anilines is 1. The highest BCUT2D eigenvalue weighted by Crippen LogP contribution is 2.38. The Labute approximate surface area is 209 Å². The van der Waals surface area contributed by atoms with Crippen molar-refractivity contribution in [1.82, 2.24) is 0 Å². The van der Waals surface area contributed by atoms with E-state index in [4.69, 9.17) is 26.2 Å². The molecule has 0 unspecified atom stereocenters. The number of halogens is 2. The Morgan fingerprint density at radius 1 is 1.18 bits per heavy atom. The summed E-state index contributed by atoms with van der Waals surface area (Å²) in [4.78, 5) is 23.7. The maximum Gasteiger partial charge on any atom is 0.335 e. The second kappa shape index (κ2) is 11.4. The Balaban J connectivity index is 1.83. The summed E-state index contributed by atoms with van der Waals surface area (Å²) in [6, 6.07) is 18.2. The predicted molar refractivity (Wildman–Crippen MR) is 132 cm³/mol. The van der Waals surface area contributed by atoms with E-state index in [9.17, 15) is 14.9 Å². The van der Waals surface area contributed by atoms with E-state index in [1.54, 1.807) is 18.2 Å². The molecule has 0 spiro atoms. The van der Waals surface area contributed by atoms with Crippen LogP contribution in [0.2, 0.25) is 5.02 Å². The monoisotopic (exact) mass is 540 g/mol. The third kappa shape index (κ3) is 6.16. The van der Waals surface area contributed by atoms with Crippen LogP contribution in [0.25, 0.3) is 6.08 Å². The lowest BCUT2D eigenvalue weighted by Gasteiger charge is -2.14. The number of nitrogens with zero attached hydrogens (tertiary/aromatic N) is 1. The summed E-state index contributed by atoms with van der Waals surface area (Å²) in [5, 5.41) is 21.7. The van der Waals surface area contributed by atoms with Crippen molar-refractivity contribution in [2.45, 2.75) is 6.61 Å². The van der Waals surface area contributed by atoms with Crippen LogP contribution in [-0.2, 0) is 11.4 Å². The van der Waals surface area contributed by atoms with E-state index in [-0.39, 0.29) is 23.4 Å². The molecule has 172 valence electrons. The number of carbonyl (C=O) groups excluding carboxylic acids is 1. The van der Waals surface area contributed by atoms with Gasteiger partial charge in [0.2, 0.25) is 0 Å². The fourth-order valence-corrected chi connectivity index (χ4v) is 3.74. The van der Waals surface area contributed by atoms with Gasteiger partial charge in [0.15, 0.2) is 11.5 Å². The van der Waals surface area contributed by atoms with Gasteiger partial charge in [0, 0.05) is 16.3 Å². The van der Waals surface area contributed by atoms with Gasteiger partial charge < -0.3 is 19.9 Å². The molecule has 34 heavy (non-hydrogen) atoms. The van der Waals surface area contributed by atoms with Crippen LogP contribution in [0.3, 0.4) is 0 Å². The van der Waals surface area contributed by atoms with Crippen molar-refractivity contribution in [2.24, 2.45) is 0 Å². The van der Waals surface area contributed by atoms with Gasteiger partial charge in [-0.15, -0.1) is 0 Å². The zero-order valence-corrected chi connectivity index (χ0v) is 20.2. The average Bonchev–Trinajstić information content (AvgIpc) is 2.82. The van der Waals surface area contributed by atoms with E-state index in [0.717, 1.165) is 5.56 Å². The van der Waals surface area contributed by atoms with Crippen LogP contribution in [-0.4, -0.2) is 24.1 Å². The number of methoxy groups -OCH3 is 1. The number of aromatic carboxylic acids is 1. The first-order valence-electron chi connectivity index (χ1n) is 9.82. The van der Waals surface area contributed by atoms with E-state index in [0.29, 0.717) is 26.6 Å². The maximum absolute atomic E-state index is 12.6. The molecular weight excluding hydrogens is 524 g/mol. The van der Waals surface area contributed by atoms with Crippen LogP contribution in [0, 0.1) is 11.3 Å². The summed E-state index contributed by atoms with van der Waals surface area (Å²) in [5.41, 5.74) is 1.41. The SMILES string of the molecule is COc1cc(/C=C(\C#N)C(=O)Nc2cccc(C(=O)O)c2)cc(Br)c1OCc1ccccc1Cl. The standard InChI is InChI=1S/C25H18BrClN2O5/c1-33-22-11-15(10-20(26)23(22)34-14-17-5-2-3-8-21(17)27)9-18(13-28)24(30)29-19-7-4-6-16(12-19)25(31)32/h2-12H,14H2,1H3,(H,29,30)(H,31,32)/b18-9+. The van der Waals surface area contributed by atoms with Crippen molar-refractivity contribution < 1.29 is 24.2 Å². The molecule has 3 rings (SSSR count). The van der Waals surface area contributed by atoms with Gasteiger partial charge in [-0.2, -0.15) is 5.26 Å². The highest BCUT2D eigenvalue weighted by molar-refractivity contribution is 9.10. The summed E-state index contributed by atoms with van der Waals surface area (Å²) in [6.07, 6.45) is 1.39. The van der Waals surface area contributed by atoms with E-state index in [1.807, 2.05) is 24.3 Å². The highest BCUT2D eigenvalue weighted by Gasteiger charge is 2.15. The van der Waals surface area contributed by atoms with Gasteiger partial charge in [-0.1, -0.05) is 35.9 Å². The quantitative estimate of drug-likeness (QED) is 0.270. The van der Waals surface area contributed by atoms with Crippen LogP contribution < -0.4 is 14.8 Å².